The lowest BCUT2D eigenvalue weighted by atomic mass is 10.0. The first-order valence-corrected chi connectivity index (χ1v) is 6.37. The Morgan fingerprint density at radius 1 is 1.20 bits per heavy atom. The number of amides is 4. The van der Waals surface area contributed by atoms with Crippen LogP contribution in [0, 0.1) is 5.41 Å². The number of barbiturate groups is 1. The molecule has 1 heterocycles. The Morgan fingerprint density at radius 3 is 2.40 bits per heavy atom. The molecule has 4 amide bonds. The molecule has 0 radical (unpaired) electrons. The standard InChI is InChI=1S/C14H14N2O4/c1-20-10-4-2-9(3-5-10)8-16-12(18)14(6-7-14)11(17)15-13(16)19/h2-5H,6-8H2,1H3,(H,15,17,19). The molecule has 1 saturated heterocycles. The molecule has 0 unspecified atom stereocenters. The van der Waals surface area contributed by atoms with Crippen LogP contribution in [0.15, 0.2) is 24.3 Å². The molecule has 1 aliphatic carbocycles. The van der Waals surface area contributed by atoms with E-state index in [9.17, 15) is 14.4 Å². The van der Waals surface area contributed by atoms with E-state index >= 15 is 0 Å². The molecule has 1 N–H and O–H groups in total. The molecule has 1 aliphatic heterocycles. The molecule has 20 heavy (non-hydrogen) atoms. The number of methoxy groups -OCH3 is 1. The third kappa shape index (κ3) is 1.84. The van der Waals surface area contributed by atoms with Crippen molar-refractivity contribution in [2.45, 2.75) is 19.4 Å². The molecule has 104 valence electrons. The summed E-state index contributed by atoms with van der Waals surface area (Å²) in [7, 11) is 1.57. The van der Waals surface area contributed by atoms with Gasteiger partial charge < -0.3 is 4.74 Å². The van der Waals surface area contributed by atoms with Gasteiger partial charge in [-0.25, -0.2) is 4.79 Å². The molecular formula is C14H14N2O4. The fourth-order valence-electron chi connectivity index (χ4n) is 2.35. The average molecular weight is 274 g/mol. The van der Waals surface area contributed by atoms with Gasteiger partial charge in [0.05, 0.1) is 13.7 Å². The van der Waals surface area contributed by atoms with Gasteiger partial charge in [0.25, 0.3) is 0 Å². The van der Waals surface area contributed by atoms with E-state index in [1.54, 1.807) is 31.4 Å². The Bertz CT molecular complexity index is 590. The number of imide groups is 2. The number of carbonyl (C=O) groups is 3. The van der Waals surface area contributed by atoms with Crippen molar-refractivity contribution in [2.75, 3.05) is 7.11 Å². The van der Waals surface area contributed by atoms with E-state index < -0.39 is 17.4 Å². The number of carbonyl (C=O) groups excluding carboxylic acids is 3. The zero-order valence-corrected chi connectivity index (χ0v) is 11.0. The van der Waals surface area contributed by atoms with Crippen molar-refractivity contribution < 1.29 is 19.1 Å². The van der Waals surface area contributed by atoms with Crippen molar-refractivity contribution in [3.05, 3.63) is 29.8 Å². The van der Waals surface area contributed by atoms with Crippen LogP contribution >= 0.6 is 0 Å². The largest absolute Gasteiger partial charge is 0.497 e. The van der Waals surface area contributed by atoms with E-state index in [2.05, 4.69) is 5.32 Å². The zero-order chi connectivity index (χ0) is 14.3. The molecule has 6 heteroatoms. The number of rotatable bonds is 3. The maximum Gasteiger partial charge on any atom is 0.331 e. The first-order chi connectivity index (χ1) is 9.56. The van der Waals surface area contributed by atoms with E-state index in [-0.39, 0.29) is 12.5 Å². The normalized spacial score (nSPS) is 20.1. The third-order valence-corrected chi connectivity index (χ3v) is 3.80. The Hall–Kier alpha value is -2.37. The highest BCUT2D eigenvalue weighted by Gasteiger charge is 2.62. The zero-order valence-electron chi connectivity index (χ0n) is 11.0. The molecule has 2 aliphatic rings. The molecule has 0 atom stereocenters. The van der Waals surface area contributed by atoms with Crippen molar-refractivity contribution in [3.63, 3.8) is 0 Å². The highest BCUT2D eigenvalue weighted by atomic mass is 16.5. The van der Waals surface area contributed by atoms with Gasteiger partial charge in [0.15, 0.2) is 0 Å². The minimum absolute atomic E-state index is 0.156. The van der Waals surface area contributed by atoms with Crippen LogP contribution in [0.2, 0.25) is 0 Å². The average Bonchev–Trinajstić information content (AvgIpc) is 3.24. The quantitative estimate of drug-likeness (QED) is 0.836. The molecule has 1 saturated carbocycles. The van der Waals surface area contributed by atoms with Crippen LogP contribution in [0.1, 0.15) is 18.4 Å². The second kappa shape index (κ2) is 4.33. The monoisotopic (exact) mass is 274 g/mol. The van der Waals surface area contributed by atoms with Crippen molar-refractivity contribution in [1.82, 2.24) is 10.2 Å². The fourth-order valence-corrected chi connectivity index (χ4v) is 2.35. The van der Waals surface area contributed by atoms with Gasteiger partial charge in [0, 0.05) is 0 Å². The molecule has 6 nitrogen and oxygen atoms in total. The maximum atomic E-state index is 12.3. The summed E-state index contributed by atoms with van der Waals surface area (Å²) in [5.74, 6) is -0.141. The molecule has 0 bridgehead atoms. The Morgan fingerprint density at radius 2 is 1.85 bits per heavy atom. The molecule has 1 aromatic rings. The van der Waals surface area contributed by atoms with Gasteiger partial charge >= 0.3 is 6.03 Å². The van der Waals surface area contributed by atoms with Crippen LogP contribution in [-0.2, 0) is 16.1 Å². The van der Waals surface area contributed by atoms with Crippen LogP contribution in [0.5, 0.6) is 5.75 Å². The van der Waals surface area contributed by atoms with Gasteiger partial charge in [-0.15, -0.1) is 0 Å². The number of urea groups is 1. The van der Waals surface area contributed by atoms with Crippen molar-refractivity contribution in [1.29, 1.82) is 0 Å². The lowest BCUT2D eigenvalue weighted by molar-refractivity contribution is -0.145. The molecule has 2 fully saturated rings. The second-order valence-corrected chi connectivity index (χ2v) is 5.08. The summed E-state index contributed by atoms with van der Waals surface area (Å²) in [6, 6.07) is 6.46. The summed E-state index contributed by atoms with van der Waals surface area (Å²) < 4.78 is 5.05. The smallest absolute Gasteiger partial charge is 0.331 e. The number of hydrogen-bond acceptors (Lipinski definition) is 4. The fraction of sp³-hybridized carbons (Fsp3) is 0.357. The third-order valence-electron chi connectivity index (χ3n) is 3.80. The van der Waals surface area contributed by atoms with Gasteiger partial charge in [-0.2, -0.15) is 0 Å². The van der Waals surface area contributed by atoms with E-state index in [0.29, 0.717) is 18.6 Å². The Labute approximate surface area is 115 Å². The predicted octanol–water partition coefficient (Wildman–Crippen LogP) is 1.05. The van der Waals surface area contributed by atoms with Gasteiger partial charge in [0.2, 0.25) is 11.8 Å². The highest BCUT2D eigenvalue weighted by Crippen LogP contribution is 2.49. The number of nitrogens with one attached hydrogen (secondary N) is 1. The Kier molecular flexibility index (Phi) is 2.74. The topological polar surface area (TPSA) is 75.7 Å². The van der Waals surface area contributed by atoms with E-state index in [1.165, 1.54) is 0 Å². The summed E-state index contributed by atoms with van der Waals surface area (Å²) >= 11 is 0. The van der Waals surface area contributed by atoms with Crippen molar-refractivity contribution in [3.8, 4) is 5.75 Å². The number of nitrogens with zero attached hydrogens (tertiary/aromatic N) is 1. The van der Waals surface area contributed by atoms with Gasteiger partial charge in [0.1, 0.15) is 11.2 Å². The number of ether oxygens (including phenoxy) is 1. The Balaban J connectivity index is 1.80. The summed E-state index contributed by atoms with van der Waals surface area (Å²) in [6.07, 6.45) is 1.04. The SMILES string of the molecule is COc1ccc(CN2C(=O)NC(=O)C3(CC3)C2=O)cc1. The summed E-state index contributed by atoms with van der Waals surface area (Å²) in [5.41, 5.74) is -0.181. The summed E-state index contributed by atoms with van der Waals surface area (Å²) in [5, 5.41) is 2.26. The van der Waals surface area contributed by atoms with Gasteiger partial charge in [-0.1, -0.05) is 12.1 Å². The second-order valence-electron chi connectivity index (χ2n) is 5.08. The molecule has 3 rings (SSSR count). The lowest BCUT2D eigenvalue weighted by Gasteiger charge is -2.30. The van der Waals surface area contributed by atoms with Crippen molar-refractivity contribution in [2.24, 2.45) is 5.41 Å². The number of benzene rings is 1. The first kappa shape index (κ1) is 12.7. The minimum atomic E-state index is -0.986. The maximum absolute atomic E-state index is 12.3. The van der Waals surface area contributed by atoms with E-state index in [1.807, 2.05) is 0 Å². The predicted molar refractivity (Wildman–Crippen MR) is 68.7 cm³/mol. The number of hydrogen-bond donors (Lipinski definition) is 1. The van der Waals surface area contributed by atoms with Crippen LogP contribution in [0.3, 0.4) is 0 Å². The van der Waals surface area contributed by atoms with Crippen molar-refractivity contribution >= 4 is 17.8 Å². The van der Waals surface area contributed by atoms with Crippen LogP contribution in [0.4, 0.5) is 4.79 Å². The van der Waals surface area contributed by atoms with E-state index in [4.69, 9.17) is 4.74 Å². The summed E-state index contributed by atoms with van der Waals surface area (Å²) in [4.78, 5) is 36.9. The molecule has 1 spiro atoms. The molecule has 1 aromatic carbocycles. The first-order valence-electron chi connectivity index (χ1n) is 6.37. The highest BCUT2D eigenvalue weighted by molar-refractivity contribution is 6.20. The van der Waals surface area contributed by atoms with Crippen LogP contribution in [0.25, 0.3) is 0 Å². The molecule has 0 aromatic heterocycles. The van der Waals surface area contributed by atoms with E-state index in [0.717, 1.165) is 10.5 Å². The molecular weight excluding hydrogens is 260 g/mol. The lowest BCUT2D eigenvalue weighted by Crippen LogP contribution is -2.58. The van der Waals surface area contributed by atoms with Gasteiger partial charge in [-0.05, 0) is 30.5 Å². The summed E-state index contributed by atoms with van der Waals surface area (Å²) in [6.45, 7) is 0.156. The van der Waals surface area contributed by atoms with Crippen LogP contribution < -0.4 is 10.1 Å². The minimum Gasteiger partial charge on any atom is -0.497 e. The van der Waals surface area contributed by atoms with Crippen LogP contribution in [-0.4, -0.2) is 29.9 Å². The van der Waals surface area contributed by atoms with Gasteiger partial charge in [-0.3, -0.25) is 19.8 Å².